The Morgan fingerprint density at radius 2 is 1.82 bits per heavy atom. The van der Waals surface area contributed by atoms with Crippen LogP contribution < -0.4 is 5.56 Å². The Labute approximate surface area is 163 Å². The largest absolute Gasteiger partial charge is 0.411 e. The molecule has 0 spiro atoms. The summed E-state index contributed by atoms with van der Waals surface area (Å²) in [6.45, 7) is 1.94. The monoisotopic (exact) mass is 389 g/mol. The number of nitrogens with zero attached hydrogens (tertiary/aromatic N) is 3. The summed E-state index contributed by atoms with van der Waals surface area (Å²) in [4.78, 5) is 22.9. The molecule has 0 unspecified atom stereocenters. The summed E-state index contributed by atoms with van der Waals surface area (Å²) in [6, 6.07) is 15.2. The molecule has 0 saturated heterocycles. The van der Waals surface area contributed by atoms with Crippen LogP contribution in [0.25, 0.3) is 33.3 Å². The molecule has 7 nitrogen and oxygen atoms in total. The Hall–Kier alpha value is -3.39. The maximum absolute atomic E-state index is 12.3. The van der Waals surface area contributed by atoms with Crippen LogP contribution in [0.4, 0.5) is 0 Å². The van der Waals surface area contributed by atoms with E-state index in [4.69, 9.17) is 4.42 Å². The summed E-state index contributed by atoms with van der Waals surface area (Å²) in [5.74, 6) is 1.02. The van der Waals surface area contributed by atoms with Crippen LogP contribution in [0.3, 0.4) is 0 Å². The number of thioether (sulfide) groups is 1. The first kappa shape index (κ1) is 16.8. The van der Waals surface area contributed by atoms with Crippen molar-refractivity contribution < 1.29 is 4.42 Å². The van der Waals surface area contributed by atoms with E-state index in [1.54, 1.807) is 6.07 Å². The lowest BCUT2D eigenvalue weighted by atomic mass is 10.2. The second kappa shape index (κ2) is 6.65. The lowest BCUT2D eigenvalue weighted by Crippen LogP contribution is -2.12. The molecule has 0 aliphatic rings. The van der Waals surface area contributed by atoms with E-state index < -0.39 is 0 Å². The molecule has 0 bridgehead atoms. The van der Waals surface area contributed by atoms with Gasteiger partial charge in [0.25, 0.3) is 16.7 Å². The molecule has 2 aromatic carbocycles. The molecule has 2 N–H and O–H groups in total. The fourth-order valence-electron chi connectivity index (χ4n) is 3.12. The van der Waals surface area contributed by atoms with Crippen LogP contribution in [0.15, 0.2) is 69.2 Å². The molecular formula is C20H15N5O2S. The third-order valence-electron chi connectivity index (χ3n) is 4.52. The van der Waals surface area contributed by atoms with Gasteiger partial charge in [-0.1, -0.05) is 42.1 Å². The summed E-state index contributed by atoms with van der Waals surface area (Å²) in [5, 5.41) is 10.2. The predicted octanol–water partition coefficient (Wildman–Crippen LogP) is 4.31. The first-order valence-electron chi connectivity index (χ1n) is 8.74. The number of aromatic amines is 2. The summed E-state index contributed by atoms with van der Waals surface area (Å²) in [5.41, 5.74) is 2.38. The lowest BCUT2D eigenvalue weighted by molar-refractivity contribution is 0.465. The van der Waals surface area contributed by atoms with Crippen molar-refractivity contribution in [2.75, 3.05) is 0 Å². The van der Waals surface area contributed by atoms with Crippen LogP contribution >= 0.6 is 11.8 Å². The Morgan fingerprint density at radius 3 is 2.71 bits per heavy atom. The molecule has 138 valence electrons. The minimum Gasteiger partial charge on any atom is -0.411 e. The van der Waals surface area contributed by atoms with Crippen molar-refractivity contribution in [2.24, 2.45) is 0 Å². The standard InChI is InChI=1S/C20H15N5O2S/c1-11(17-22-16-9-5-3-7-13(16)18(26)23-17)28-20-25-24-19(27-20)14-10-21-15-8-4-2-6-12(14)15/h2-11,21H,1H3,(H,22,23,26)/t11-/m0/s1. The van der Waals surface area contributed by atoms with Crippen LogP contribution in [0.5, 0.6) is 0 Å². The van der Waals surface area contributed by atoms with Crippen molar-refractivity contribution >= 4 is 33.6 Å². The molecule has 5 aromatic rings. The molecule has 28 heavy (non-hydrogen) atoms. The summed E-state index contributed by atoms with van der Waals surface area (Å²) < 4.78 is 5.85. The normalized spacial score (nSPS) is 12.6. The maximum Gasteiger partial charge on any atom is 0.277 e. The van der Waals surface area contributed by atoms with Gasteiger partial charge in [-0.2, -0.15) is 0 Å². The van der Waals surface area contributed by atoms with Crippen molar-refractivity contribution in [2.45, 2.75) is 17.4 Å². The molecule has 0 fully saturated rings. The molecule has 1 atom stereocenters. The van der Waals surface area contributed by atoms with Gasteiger partial charge >= 0.3 is 0 Å². The van der Waals surface area contributed by atoms with E-state index in [9.17, 15) is 4.79 Å². The van der Waals surface area contributed by atoms with Crippen LogP contribution in [-0.4, -0.2) is 25.1 Å². The number of fused-ring (bicyclic) bond motifs is 2. The minimum atomic E-state index is -0.159. The topological polar surface area (TPSA) is 100 Å². The SMILES string of the molecule is C[C@H](Sc1nnc(-c2c[nH]c3ccccc23)o1)c1nc2ccccc2c(=O)[nH]1. The van der Waals surface area contributed by atoms with Gasteiger partial charge in [-0.25, -0.2) is 4.98 Å². The number of para-hydroxylation sites is 2. The van der Waals surface area contributed by atoms with Crippen LogP contribution in [0.2, 0.25) is 0 Å². The highest BCUT2D eigenvalue weighted by molar-refractivity contribution is 7.99. The number of hydrogen-bond acceptors (Lipinski definition) is 6. The van der Waals surface area contributed by atoms with Crippen molar-refractivity contribution in [3.05, 3.63) is 70.9 Å². The third-order valence-corrected chi connectivity index (χ3v) is 5.46. The molecular weight excluding hydrogens is 374 g/mol. The summed E-state index contributed by atoms with van der Waals surface area (Å²) in [7, 11) is 0. The van der Waals surface area contributed by atoms with Crippen LogP contribution in [-0.2, 0) is 0 Å². The number of nitrogens with one attached hydrogen (secondary N) is 2. The zero-order valence-corrected chi connectivity index (χ0v) is 15.7. The molecule has 0 saturated carbocycles. The molecule has 8 heteroatoms. The van der Waals surface area contributed by atoms with Crippen molar-refractivity contribution in [1.82, 2.24) is 25.1 Å². The van der Waals surface area contributed by atoms with Crippen LogP contribution in [0.1, 0.15) is 18.0 Å². The highest BCUT2D eigenvalue weighted by Crippen LogP contribution is 2.35. The van der Waals surface area contributed by atoms with Gasteiger partial charge in [-0.15, -0.1) is 10.2 Å². The van der Waals surface area contributed by atoms with E-state index in [-0.39, 0.29) is 10.8 Å². The number of hydrogen-bond donors (Lipinski definition) is 2. The van der Waals surface area contributed by atoms with E-state index in [0.29, 0.717) is 27.8 Å². The highest BCUT2D eigenvalue weighted by Gasteiger charge is 2.18. The Morgan fingerprint density at radius 1 is 1.04 bits per heavy atom. The number of rotatable bonds is 4. The highest BCUT2D eigenvalue weighted by atomic mass is 32.2. The first-order chi connectivity index (χ1) is 13.7. The number of benzene rings is 2. The van der Waals surface area contributed by atoms with Gasteiger partial charge in [-0.3, -0.25) is 4.79 Å². The van der Waals surface area contributed by atoms with Crippen molar-refractivity contribution in [3.8, 4) is 11.5 Å². The molecule has 0 aliphatic heterocycles. The van der Waals surface area contributed by atoms with Gasteiger partial charge < -0.3 is 14.4 Å². The van der Waals surface area contributed by atoms with E-state index in [1.165, 1.54) is 11.8 Å². The zero-order chi connectivity index (χ0) is 19.1. The van der Waals surface area contributed by atoms with E-state index in [2.05, 4.69) is 25.1 Å². The second-order valence-corrected chi connectivity index (χ2v) is 7.64. The number of aromatic nitrogens is 5. The molecule has 3 aromatic heterocycles. The molecule has 0 amide bonds. The first-order valence-corrected chi connectivity index (χ1v) is 9.62. The fraction of sp³-hybridized carbons (Fsp3) is 0.100. The van der Waals surface area contributed by atoms with Gasteiger partial charge in [0.2, 0.25) is 0 Å². The Bertz CT molecular complexity index is 1350. The molecule has 3 heterocycles. The average molecular weight is 389 g/mol. The Kier molecular flexibility index (Phi) is 3.98. The Balaban J connectivity index is 1.43. The quantitative estimate of drug-likeness (QED) is 0.444. The van der Waals surface area contributed by atoms with Gasteiger partial charge in [0.15, 0.2) is 0 Å². The number of H-pyrrole nitrogens is 2. The smallest absolute Gasteiger partial charge is 0.277 e. The zero-order valence-electron chi connectivity index (χ0n) is 14.8. The average Bonchev–Trinajstić information content (AvgIpc) is 3.34. The summed E-state index contributed by atoms with van der Waals surface area (Å²) >= 11 is 1.35. The van der Waals surface area contributed by atoms with E-state index >= 15 is 0 Å². The van der Waals surface area contributed by atoms with Gasteiger partial charge in [-0.05, 0) is 25.1 Å². The maximum atomic E-state index is 12.3. The molecule has 5 rings (SSSR count). The molecule has 0 radical (unpaired) electrons. The van der Waals surface area contributed by atoms with E-state index in [0.717, 1.165) is 16.5 Å². The lowest BCUT2D eigenvalue weighted by Gasteiger charge is -2.08. The van der Waals surface area contributed by atoms with Crippen LogP contribution in [0, 0.1) is 0 Å². The second-order valence-electron chi connectivity index (χ2n) is 6.35. The van der Waals surface area contributed by atoms with Gasteiger partial charge in [0.1, 0.15) is 5.82 Å². The van der Waals surface area contributed by atoms with Crippen molar-refractivity contribution in [3.63, 3.8) is 0 Å². The fourth-order valence-corrected chi connectivity index (χ4v) is 3.86. The van der Waals surface area contributed by atoms with Gasteiger partial charge in [0.05, 0.1) is 21.7 Å². The van der Waals surface area contributed by atoms with Gasteiger partial charge in [0, 0.05) is 17.1 Å². The van der Waals surface area contributed by atoms with E-state index in [1.807, 2.05) is 55.6 Å². The predicted molar refractivity (Wildman–Crippen MR) is 108 cm³/mol. The molecule has 0 aliphatic carbocycles. The summed E-state index contributed by atoms with van der Waals surface area (Å²) in [6.07, 6.45) is 1.86. The third kappa shape index (κ3) is 2.87. The van der Waals surface area contributed by atoms with Crippen molar-refractivity contribution in [1.29, 1.82) is 0 Å². The minimum absolute atomic E-state index is 0.155.